The molecule has 2 aromatic rings. The number of nitrogens with one attached hydrogen (secondary N) is 1. The third kappa shape index (κ3) is 3.55. The maximum Gasteiger partial charge on any atom is 0.142 e. The van der Waals surface area contributed by atoms with Crippen LogP contribution in [-0.2, 0) is 6.54 Å². The van der Waals surface area contributed by atoms with Crippen LogP contribution in [0.5, 0.6) is 0 Å². The smallest absolute Gasteiger partial charge is 0.142 e. The Hall–Kier alpha value is -2.43. The van der Waals surface area contributed by atoms with Crippen molar-refractivity contribution in [3.8, 4) is 6.07 Å². The molecule has 24 heavy (non-hydrogen) atoms. The van der Waals surface area contributed by atoms with E-state index in [1.165, 1.54) is 0 Å². The molecule has 7 heteroatoms. The summed E-state index contributed by atoms with van der Waals surface area (Å²) in [6.45, 7) is 6.00. The van der Waals surface area contributed by atoms with Crippen molar-refractivity contribution < 1.29 is 9.63 Å². The van der Waals surface area contributed by atoms with Crippen molar-refractivity contribution in [3.63, 3.8) is 0 Å². The molecule has 0 amide bonds. The Labute approximate surface area is 140 Å². The minimum atomic E-state index is -0.508. The average Bonchev–Trinajstić information content (AvgIpc) is 2.89. The van der Waals surface area contributed by atoms with E-state index in [0.717, 1.165) is 36.5 Å². The monoisotopic (exact) mass is 327 g/mol. The number of nitrogens with zero attached hydrogens (tertiary/aromatic N) is 4. The van der Waals surface area contributed by atoms with E-state index in [9.17, 15) is 5.11 Å². The Morgan fingerprint density at radius 3 is 2.96 bits per heavy atom. The SMILES string of the molecule is Cc1noc(C)c1CN1CC[C@@H](Nc2cccc(C#N)n2)[C@H](O)C1. The Balaban J connectivity index is 1.60. The number of hydrogen-bond acceptors (Lipinski definition) is 7. The third-order valence-corrected chi connectivity index (χ3v) is 4.43. The van der Waals surface area contributed by atoms with Gasteiger partial charge in [0.25, 0.3) is 0 Å². The molecular formula is C17H21N5O2. The molecule has 3 heterocycles. The number of piperidine rings is 1. The van der Waals surface area contributed by atoms with E-state index in [1.807, 2.05) is 26.0 Å². The largest absolute Gasteiger partial charge is 0.390 e. The topological polar surface area (TPSA) is 98.2 Å². The summed E-state index contributed by atoms with van der Waals surface area (Å²) in [6, 6.07) is 7.20. The molecule has 7 nitrogen and oxygen atoms in total. The van der Waals surface area contributed by atoms with Crippen LogP contribution in [0.25, 0.3) is 0 Å². The Kier molecular flexibility index (Phi) is 4.79. The van der Waals surface area contributed by atoms with E-state index in [2.05, 4.69) is 20.4 Å². The number of aliphatic hydroxyl groups excluding tert-OH is 1. The molecule has 1 aliphatic heterocycles. The second-order valence-corrected chi connectivity index (χ2v) is 6.16. The molecule has 0 saturated carbocycles. The predicted octanol–water partition coefficient (Wildman–Crippen LogP) is 1.61. The van der Waals surface area contributed by atoms with Gasteiger partial charge in [-0.25, -0.2) is 4.98 Å². The molecule has 0 aromatic carbocycles. The number of nitriles is 1. The first-order valence-electron chi connectivity index (χ1n) is 8.02. The van der Waals surface area contributed by atoms with Gasteiger partial charge in [0.1, 0.15) is 23.3 Å². The van der Waals surface area contributed by atoms with Crippen molar-refractivity contribution in [1.82, 2.24) is 15.0 Å². The molecular weight excluding hydrogens is 306 g/mol. The van der Waals surface area contributed by atoms with Crippen LogP contribution in [0, 0.1) is 25.2 Å². The minimum Gasteiger partial charge on any atom is -0.390 e. The van der Waals surface area contributed by atoms with Crippen molar-refractivity contribution in [2.24, 2.45) is 0 Å². The maximum absolute atomic E-state index is 10.5. The van der Waals surface area contributed by atoms with Crippen LogP contribution < -0.4 is 5.32 Å². The Morgan fingerprint density at radius 2 is 2.29 bits per heavy atom. The summed E-state index contributed by atoms with van der Waals surface area (Å²) in [5.41, 5.74) is 2.36. The summed E-state index contributed by atoms with van der Waals surface area (Å²) in [4.78, 5) is 6.41. The van der Waals surface area contributed by atoms with Crippen LogP contribution in [0.2, 0.25) is 0 Å². The van der Waals surface area contributed by atoms with Gasteiger partial charge in [0, 0.05) is 25.2 Å². The molecule has 2 N–H and O–H groups in total. The van der Waals surface area contributed by atoms with Gasteiger partial charge >= 0.3 is 0 Å². The van der Waals surface area contributed by atoms with Gasteiger partial charge in [-0.2, -0.15) is 5.26 Å². The molecule has 3 rings (SSSR count). The summed E-state index contributed by atoms with van der Waals surface area (Å²) in [5, 5.41) is 26.6. The fraction of sp³-hybridized carbons (Fsp3) is 0.471. The van der Waals surface area contributed by atoms with E-state index < -0.39 is 6.10 Å². The number of likely N-dealkylation sites (tertiary alicyclic amines) is 1. The summed E-state index contributed by atoms with van der Waals surface area (Å²) >= 11 is 0. The molecule has 0 spiro atoms. The van der Waals surface area contributed by atoms with Crippen molar-refractivity contribution >= 4 is 5.82 Å². The Morgan fingerprint density at radius 1 is 1.46 bits per heavy atom. The highest BCUT2D eigenvalue weighted by molar-refractivity contribution is 5.39. The lowest BCUT2D eigenvalue weighted by molar-refractivity contribution is 0.0557. The number of aromatic nitrogens is 2. The fourth-order valence-electron chi connectivity index (χ4n) is 3.03. The molecule has 1 aliphatic rings. The second kappa shape index (κ2) is 6.99. The molecule has 126 valence electrons. The van der Waals surface area contributed by atoms with Gasteiger partial charge in [-0.3, -0.25) is 4.90 Å². The number of aliphatic hydroxyl groups is 1. The Bertz CT molecular complexity index is 732. The van der Waals surface area contributed by atoms with Crippen molar-refractivity contribution in [1.29, 1.82) is 5.26 Å². The minimum absolute atomic E-state index is 0.0765. The molecule has 0 aliphatic carbocycles. The zero-order chi connectivity index (χ0) is 17.1. The number of hydrogen-bond donors (Lipinski definition) is 2. The number of β-amino-alcohol motifs (C(OH)–C–C–N with tert-alkyl or cyclic N) is 1. The standard InChI is InChI=1S/C17H21N5O2/c1-11-14(12(2)24-21-11)9-22-7-6-15(16(23)10-22)20-17-5-3-4-13(8-18)19-17/h3-5,15-16,23H,6-7,9-10H2,1-2H3,(H,19,20)/t15-,16-/m1/s1. The second-order valence-electron chi connectivity index (χ2n) is 6.16. The molecule has 2 atom stereocenters. The van der Waals surface area contributed by atoms with E-state index in [-0.39, 0.29) is 6.04 Å². The van der Waals surface area contributed by atoms with Gasteiger partial charge < -0.3 is 14.9 Å². The number of aryl methyl sites for hydroxylation is 2. The maximum atomic E-state index is 10.5. The number of pyridine rings is 1. The summed E-state index contributed by atoms with van der Waals surface area (Å²) in [5.74, 6) is 1.46. The van der Waals surface area contributed by atoms with Crippen molar-refractivity contribution in [3.05, 3.63) is 40.9 Å². The summed E-state index contributed by atoms with van der Waals surface area (Å²) in [7, 11) is 0. The van der Waals surface area contributed by atoms with E-state index in [4.69, 9.17) is 9.78 Å². The highest BCUT2D eigenvalue weighted by atomic mass is 16.5. The summed E-state index contributed by atoms with van der Waals surface area (Å²) in [6.07, 6.45) is 0.287. The predicted molar refractivity (Wildman–Crippen MR) is 88.2 cm³/mol. The van der Waals surface area contributed by atoms with E-state index in [1.54, 1.807) is 12.1 Å². The van der Waals surface area contributed by atoms with Crippen molar-refractivity contribution in [2.45, 2.75) is 39.0 Å². The number of anilines is 1. The van der Waals surface area contributed by atoms with Crippen LogP contribution in [-0.4, -0.2) is 45.4 Å². The lowest BCUT2D eigenvalue weighted by Crippen LogP contribution is -2.49. The zero-order valence-corrected chi connectivity index (χ0v) is 13.9. The van der Waals surface area contributed by atoms with Crippen LogP contribution in [0.15, 0.2) is 22.7 Å². The first-order chi connectivity index (χ1) is 11.6. The van der Waals surface area contributed by atoms with Crippen LogP contribution in [0.4, 0.5) is 5.82 Å². The first-order valence-corrected chi connectivity index (χ1v) is 8.02. The molecule has 1 saturated heterocycles. The van der Waals surface area contributed by atoms with Crippen LogP contribution >= 0.6 is 0 Å². The molecule has 0 radical (unpaired) electrons. The normalized spacial score (nSPS) is 21.4. The van der Waals surface area contributed by atoms with Gasteiger partial charge in [-0.15, -0.1) is 0 Å². The van der Waals surface area contributed by atoms with E-state index in [0.29, 0.717) is 18.1 Å². The summed E-state index contributed by atoms with van der Waals surface area (Å²) < 4.78 is 5.20. The average molecular weight is 327 g/mol. The highest BCUT2D eigenvalue weighted by Crippen LogP contribution is 2.20. The van der Waals surface area contributed by atoms with Crippen molar-refractivity contribution in [2.75, 3.05) is 18.4 Å². The van der Waals surface area contributed by atoms with Crippen LogP contribution in [0.3, 0.4) is 0 Å². The van der Waals surface area contributed by atoms with E-state index >= 15 is 0 Å². The van der Waals surface area contributed by atoms with Gasteiger partial charge in [0.15, 0.2) is 0 Å². The van der Waals surface area contributed by atoms with Gasteiger partial charge in [0.2, 0.25) is 0 Å². The lowest BCUT2D eigenvalue weighted by Gasteiger charge is -2.36. The lowest BCUT2D eigenvalue weighted by atomic mass is 10.0. The zero-order valence-electron chi connectivity index (χ0n) is 13.9. The number of rotatable bonds is 4. The molecule has 2 aromatic heterocycles. The first kappa shape index (κ1) is 16.4. The molecule has 1 fully saturated rings. The van der Waals surface area contributed by atoms with Gasteiger partial charge in [0.05, 0.1) is 17.8 Å². The third-order valence-electron chi connectivity index (χ3n) is 4.43. The van der Waals surface area contributed by atoms with Gasteiger partial charge in [-0.1, -0.05) is 11.2 Å². The molecule has 0 unspecified atom stereocenters. The van der Waals surface area contributed by atoms with Crippen LogP contribution in [0.1, 0.15) is 29.1 Å². The van der Waals surface area contributed by atoms with Gasteiger partial charge in [-0.05, 0) is 32.4 Å². The molecule has 0 bridgehead atoms. The highest BCUT2D eigenvalue weighted by Gasteiger charge is 2.28. The quantitative estimate of drug-likeness (QED) is 0.880. The fourth-order valence-corrected chi connectivity index (χ4v) is 3.03.